The van der Waals surface area contributed by atoms with Gasteiger partial charge in [-0.2, -0.15) is 5.26 Å². The average Bonchev–Trinajstić information content (AvgIpc) is 2.84. The average molecular weight is 267 g/mol. The molecule has 20 heavy (non-hydrogen) atoms. The molecule has 0 aliphatic rings. The van der Waals surface area contributed by atoms with E-state index in [9.17, 15) is 14.9 Å². The zero-order valence-electron chi connectivity index (χ0n) is 10.5. The summed E-state index contributed by atoms with van der Waals surface area (Å²) >= 11 is 0. The number of ether oxygens (including phenoxy) is 1. The first-order valence-corrected chi connectivity index (χ1v) is 5.82. The van der Waals surface area contributed by atoms with Crippen LogP contribution < -0.4 is 5.43 Å². The van der Waals surface area contributed by atoms with Gasteiger partial charge in [-0.15, -0.1) is 0 Å². The molecule has 0 unspecified atom stereocenters. The minimum Gasteiger partial charge on any atom is -0.465 e. The predicted molar refractivity (Wildman–Crippen MR) is 71.6 cm³/mol. The predicted octanol–water partition coefficient (Wildman–Crippen LogP) is 1.44. The van der Waals surface area contributed by atoms with Crippen LogP contribution in [0.2, 0.25) is 0 Å². The van der Waals surface area contributed by atoms with Gasteiger partial charge in [-0.3, -0.25) is 9.20 Å². The molecule has 1 N–H and O–H groups in total. The number of hydrogen-bond acceptors (Lipinski definition) is 4. The molecule has 0 amide bonds. The summed E-state index contributed by atoms with van der Waals surface area (Å²) in [5, 5.41) is 9.19. The molecule has 0 fully saturated rings. The molecule has 98 valence electrons. The molecular weight excluding hydrogens is 258 g/mol. The van der Waals surface area contributed by atoms with Crippen molar-refractivity contribution in [2.45, 2.75) is 0 Å². The van der Waals surface area contributed by atoms with Crippen LogP contribution in [-0.2, 0) is 4.74 Å². The molecule has 0 bridgehead atoms. The highest BCUT2D eigenvalue weighted by Crippen LogP contribution is 2.18. The van der Waals surface area contributed by atoms with Gasteiger partial charge in [-0.1, -0.05) is 12.1 Å². The number of carbonyl (C=O) groups is 1. The minimum atomic E-state index is -0.758. The lowest BCUT2D eigenvalue weighted by atomic mass is 10.2. The van der Waals surface area contributed by atoms with Gasteiger partial charge in [0.25, 0.3) is 0 Å². The van der Waals surface area contributed by atoms with Crippen molar-refractivity contribution in [1.82, 2.24) is 9.38 Å². The van der Waals surface area contributed by atoms with Crippen molar-refractivity contribution in [3.05, 3.63) is 51.8 Å². The molecule has 2 aromatic heterocycles. The van der Waals surface area contributed by atoms with E-state index >= 15 is 0 Å². The monoisotopic (exact) mass is 267 g/mol. The highest BCUT2D eigenvalue weighted by atomic mass is 16.5. The molecular formula is C14H9N3O3. The number of rotatable bonds is 1. The number of aromatic nitrogens is 2. The van der Waals surface area contributed by atoms with Gasteiger partial charge in [0.05, 0.1) is 18.1 Å². The lowest BCUT2D eigenvalue weighted by Gasteiger charge is -2.02. The molecule has 2 heterocycles. The Labute approximate surface area is 112 Å². The van der Waals surface area contributed by atoms with Crippen LogP contribution in [0.3, 0.4) is 0 Å². The second-order valence-electron chi connectivity index (χ2n) is 4.21. The molecule has 0 spiro atoms. The number of aromatic amines is 1. The van der Waals surface area contributed by atoms with Gasteiger partial charge in [-0.05, 0) is 12.1 Å². The summed E-state index contributed by atoms with van der Waals surface area (Å²) in [6, 6.07) is 9.16. The Morgan fingerprint density at radius 1 is 1.40 bits per heavy atom. The van der Waals surface area contributed by atoms with E-state index in [1.807, 2.05) is 30.3 Å². The molecule has 0 saturated carbocycles. The maximum absolute atomic E-state index is 12.1. The van der Waals surface area contributed by atoms with E-state index in [-0.39, 0.29) is 11.1 Å². The summed E-state index contributed by atoms with van der Waals surface area (Å²) < 4.78 is 6.19. The largest absolute Gasteiger partial charge is 0.465 e. The van der Waals surface area contributed by atoms with Gasteiger partial charge >= 0.3 is 5.97 Å². The van der Waals surface area contributed by atoms with Crippen molar-refractivity contribution in [1.29, 1.82) is 5.26 Å². The zero-order chi connectivity index (χ0) is 14.3. The fourth-order valence-corrected chi connectivity index (χ4v) is 2.20. The SMILES string of the molecule is COC(=O)c1cn2c([nH]c3ccccc32)c(C#N)c1=O. The number of nitrogens with one attached hydrogen (secondary N) is 1. The van der Waals surface area contributed by atoms with E-state index in [0.29, 0.717) is 5.65 Å². The first-order valence-electron chi connectivity index (χ1n) is 5.82. The van der Waals surface area contributed by atoms with Gasteiger partial charge in [0, 0.05) is 6.20 Å². The van der Waals surface area contributed by atoms with Crippen molar-refractivity contribution in [3.8, 4) is 6.07 Å². The highest BCUT2D eigenvalue weighted by molar-refractivity contribution is 5.91. The molecule has 3 rings (SSSR count). The third-order valence-electron chi connectivity index (χ3n) is 3.14. The second kappa shape index (κ2) is 4.24. The van der Waals surface area contributed by atoms with Gasteiger partial charge in [-0.25, -0.2) is 4.79 Å². The van der Waals surface area contributed by atoms with Gasteiger partial charge in [0.2, 0.25) is 5.43 Å². The maximum Gasteiger partial charge on any atom is 0.343 e. The summed E-state index contributed by atoms with van der Waals surface area (Å²) in [4.78, 5) is 26.8. The number of esters is 1. The Kier molecular flexibility index (Phi) is 2.54. The molecule has 0 aliphatic heterocycles. The number of carbonyl (C=O) groups excluding carboxylic acids is 1. The number of H-pyrrole nitrogens is 1. The van der Waals surface area contributed by atoms with Crippen molar-refractivity contribution >= 4 is 22.6 Å². The Morgan fingerprint density at radius 2 is 2.15 bits per heavy atom. The minimum absolute atomic E-state index is 0.107. The molecule has 3 aromatic rings. The first kappa shape index (κ1) is 12.0. The molecule has 0 aliphatic carbocycles. The summed E-state index contributed by atoms with van der Waals surface area (Å²) in [6.07, 6.45) is 1.39. The number of methoxy groups -OCH3 is 1. The smallest absolute Gasteiger partial charge is 0.343 e. The van der Waals surface area contributed by atoms with Crippen LogP contribution in [-0.4, -0.2) is 22.5 Å². The number of nitrogens with zero attached hydrogens (tertiary/aromatic N) is 2. The number of fused-ring (bicyclic) bond motifs is 3. The van der Waals surface area contributed by atoms with Crippen LogP contribution in [0.5, 0.6) is 0 Å². The Morgan fingerprint density at radius 3 is 2.85 bits per heavy atom. The van der Waals surface area contributed by atoms with Gasteiger partial charge in [0.1, 0.15) is 22.8 Å². The molecule has 0 atom stereocenters. The van der Waals surface area contributed by atoms with Crippen LogP contribution in [0.1, 0.15) is 15.9 Å². The van der Waals surface area contributed by atoms with E-state index in [0.717, 1.165) is 11.0 Å². The first-order chi connectivity index (χ1) is 9.67. The van der Waals surface area contributed by atoms with E-state index in [2.05, 4.69) is 9.72 Å². The Bertz CT molecular complexity index is 944. The zero-order valence-corrected chi connectivity index (χ0v) is 10.5. The fraction of sp³-hybridized carbons (Fsp3) is 0.0714. The number of nitriles is 1. The Balaban J connectivity index is 2.55. The van der Waals surface area contributed by atoms with Gasteiger partial charge < -0.3 is 9.72 Å². The van der Waals surface area contributed by atoms with E-state index in [1.54, 1.807) is 4.40 Å². The van der Waals surface area contributed by atoms with Crippen LogP contribution in [0, 0.1) is 11.3 Å². The summed E-state index contributed by atoms with van der Waals surface area (Å²) in [5.41, 5.74) is 1.00. The van der Waals surface area contributed by atoms with Crippen molar-refractivity contribution < 1.29 is 9.53 Å². The number of pyridine rings is 1. The lowest BCUT2D eigenvalue weighted by molar-refractivity contribution is 0.0598. The van der Waals surface area contributed by atoms with E-state index < -0.39 is 11.4 Å². The van der Waals surface area contributed by atoms with Crippen molar-refractivity contribution in [2.24, 2.45) is 0 Å². The van der Waals surface area contributed by atoms with E-state index in [1.165, 1.54) is 13.3 Å². The normalized spacial score (nSPS) is 10.6. The van der Waals surface area contributed by atoms with Crippen molar-refractivity contribution in [3.63, 3.8) is 0 Å². The standard InChI is InChI=1S/C14H9N3O3/c1-20-14(19)9-7-17-11-5-3-2-4-10(11)16-13(17)8(6-15)12(9)18/h2-5,7,16H,1H3. The number of hydrogen-bond donors (Lipinski definition) is 1. The molecule has 0 radical (unpaired) electrons. The summed E-state index contributed by atoms with van der Waals surface area (Å²) in [7, 11) is 1.19. The van der Waals surface area contributed by atoms with Crippen LogP contribution in [0.15, 0.2) is 35.3 Å². The quantitative estimate of drug-likeness (QED) is 0.676. The topological polar surface area (TPSA) is 87.4 Å². The number of para-hydroxylation sites is 2. The summed E-state index contributed by atoms with van der Waals surface area (Å²) in [6.45, 7) is 0. The third-order valence-corrected chi connectivity index (χ3v) is 3.14. The molecule has 0 saturated heterocycles. The van der Waals surface area contributed by atoms with Crippen LogP contribution in [0.25, 0.3) is 16.7 Å². The van der Waals surface area contributed by atoms with Crippen LogP contribution >= 0.6 is 0 Å². The molecule has 1 aromatic carbocycles. The van der Waals surface area contributed by atoms with Gasteiger partial charge in [0.15, 0.2) is 0 Å². The summed E-state index contributed by atoms with van der Waals surface area (Å²) in [5.74, 6) is -0.758. The number of benzene rings is 1. The fourth-order valence-electron chi connectivity index (χ4n) is 2.20. The number of imidazole rings is 1. The maximum atomic E-state index is 12.1. The van der Waals surface area contributed by atoms with Crippen molar-refractivity contribution in [2.75, 3.05) is 7.11 Å². The molecule has 6 nitrogen and oxygen atoms in total. The molecule has 6 heteroatoms. The Hall–Kier alpha value is -3.07. The van der Waals surface area contributed by atoms with E-state index in [4.69, 9.17) is 0 Å². The lowest BCUT2D eigenvalue weighted by Crippen LogP contribution is -2.20. The highest BCUT2D eigenvalue weighted by Gasteiger charge is 2.19. The van der Waals surface area contributed by atoms with Crippen LogP contribution in [0.4, 0.5) is 0 Å². The second-order valence-corrected chi connectivity index (χ2v) is 4.21. The third kappa shape index (κ3) is 1.50.